The first-order valence-corrected chi connectivity index (χ1v) is 10.9. The molecule has 1 heterocycles. The molecule has 1 aliphatic rings. The Kier molecular flexibility index (Phi) is 8.65. The van der Waals surface area contributed by atoms with Crippen LogP contribution in [0.5, 0.6) is 0 Å². The number of carbonyl (C=O) groups is 2. The maximum atomic E-state index is 13.3. The summed E-state index contributed by atoms with van der Waals surface area (Å²) in [6.07, 6.45) is 0.942. The van der Waals surface area contributed by atoms with E-state index in [1.807, 2.05) is 69.9 Å². The van der Waals surface area contributed by atoms with Crippen molar-refractivity contribution in [1.29, 1.82) is 0 Å². The van der Waals surface area contributed by atoms with Gasteiger partial charge in [0.15, 0.2) is 0 Å². The van der Waals surface area contributed by atoms with Gasteiger partial charge >= 0.3 is 0 Å². The number of rotatable bonds is 7. The Morgan fingerprint density at radius 2 is 1.69 bits per heavy atom. The van der Waals surface area contributed by atoms with Gasteiger partial charge in [-0.2, -0.15) is 0 Å². The molecule has 1 aliphatic heterocycles. The van der Waals surface area contributed by atoms with Gasteiger partial charge in [0, 0.05) is 38.3 Å². The third-order valence-corrected chi connectivity index (χ3v) is 5.29. The summed E-state index contributed by atoms with van der Waals surface area (Å²) in [5, 5.41) is 3.04. The molecule has 162 valence electrons. The Morgan fingerprint density at radius 1 is 1.03 bits per heavy atom. The molecule has 0 bridgehead atoms. The number of amides is 2. The minimum Gasteiger partial charge on any atom is -0.350 e. The third kappa shape index (κ3) is 7.12. The monoisotopic (exact) mass is 402 g/mol. The van der Waals surface area contributed by atoms with Crippen molar-refractivity contribution in [2.45, 2.75) is 52.6 Å². The molecule has 29 heavy (non-hydrogen) atoms. The van der Waals surface area contributed by atoms with Gasteiger partial charge < -0.3 is 10.2 Å². The summed E-state index contributed by atoms with van der Waals surface area (Å²) >= 11 is 0. The molecule has 1 atom stereocenters. The fourth-order valence-electron chi connectivity index (χ4n) is 3.92. The van der Waals surface area contributed by atoms with Gasteiger partial charge in [-0.05, 0) is 53.1 Å². The zero-order chi connectivity index (χ0) is 21.4. The fraction of sp³-hybridized carbons (Fsp3) is 0.652. The number of nitrogens with one attached hydrogen (secondary N) is 1. The first kappa shape index (κ1) is 23.4. The topological polar surface area (TPSA) is 55.9 Å². The highest BCUT2D eigenvalue weighted by atomic mass is 16.2. The first-order valence-electron chi connectivity index (χ1n) is 10.9. The van der Waals surface area contributed by atoms with Crippen LogP contribution in [0.1, 0.15) is 52.6 Å². The normalized spacial score (nSPS) is 17.4. The number of hydrogen-bond donors (Lipinski definition) is 1. The van der Waals surface area contributed by atoms with Crippen molar-refractivity contribution in [3.05, 3.63) is 35.9 Å². The molecule has 0 saturated carbocycles. The molecule has 6 heteroatoms. The maximum Gasteiger partial charge on any atom is 0.244 e. The van der Waals surface area contributed by atoms with E-state index < -0.39 is 0 Å². The highest BCUT2D eigenvalue weighted by Gasteiger charge is 2.31. The van der Waals surface area contributed by atoms with Gasteiger partial charge in [0.2, 0.25) is 11.8 Å². The van der Waals surface area contributed by atoms with E-state index in [1.54, 1.807) is 0 Å². The molecule has 1 aromatic rings. The molecule has 0 spiro atoms. The van der Waals surface area contributed by atoms with Gasteiger partial charge in [-0.25, -0.2) is 0 Å². The second-order valence-electron chi connectivity index (χ2n) is 8.79. The van der Waals surface area contributed by atoms with Gasteiger partial charge in [0.05, 0.1) is 6.54 Å². The fourth-order valence-corrected chi connectivity index (χ4v) is 3.92. The Morgan fingerprint density at radius 3 is 2.28 bits per heavy atom. The van der Waals surface area contributed by atoms with Crippen LogP contribution in [0.25, 0.3) is 0 Å². The summed E-state index contributed by atoms with van der Waals surface area (Å²) < 4.78 is 0. The summed E-state index contributed by atoms with van der Waals surface area (Å²) in [5.74, 6) is 0.227. The Hall–Kier alpha value is -1.92. The molecule has 1 aromatic carbocycles. The van der Waals surface area contributed by atoms with Crippen LogP contribution in [0.4, 0.5) is 0 Å². The van der Waals surface area contributed by atoms with Crippen molar-refractivity contribution in [2.75, 3.05) is 45.8 Å². The van der Waals surface area contributed by atoms with E-state index >= 15 is 0 Å². The second-order valence-corrected chi connectivity index (χ2v) is 8.79. The second kappa shape index (κ2) is 10.7. The quantitative estimate of drug-likeness (QED) is 0.761. The van der Waals surface area contributed by atoms with E-state index in [2.05, 4.69) is 15.1 Å². The van der Waals surface area contributed by atoms with E-state index in [9.17, 15) is 9.59 Å². The molecule has 0 aliphatic carbocycles. The van der Waals surface area contributed by atoms with Crippen LogP contribution in [-0.4, -0.2) is 77.9 Å². The van der Waals surface area contributed by atoms with Gasteiger partial charge in [-0.1, -0.05) is 30.3 Å². The summed E-state index contributed by atoms with van der Waals surface area (Å²) in [6, 6.07) is 9.81. The van der Waals surface area contributed by atoms with E-state index in [-0.39, 0.29) is 23.4 Å². The van der Waals surface area contributed by atoms with Crippen molar-refractivity contribution < 1.29 is 9.59 Å². The molecule has 0 unspecified atom stereocenters. The molecule has 1 saturated heterocycles. The molecule has 0 radical (unpaired) electrons. The smallest absolute Gasteiger partial charge is 0.244 e. The largest absolute Gasteiger partial charge is 0.350 e. The molecule has 1 fully saturated rings. The van der Waals surface area contributed by atoms with Crippen LogP contribution < -0.4 is 5.32 Å². The van der Waals surface area contributed by atoms with E-state index in [0.717, 1.165) is 38.2 Å². The van der Waals surface area contributed by atoms with Crippen LogP contribution in [-0.2, 0) is 9.59 Å². The van der Waals surface area contributed by atoms with E-state index in [4.69, 9.17) is 0 Å². The zero-order valence-corrected chi connectivity index (χ0v) is 18.8. The minimum absolute atomic E-state index is 0.0600. The van der Waals surface area contributed by atoms with Crippen molar-refractivity contribution in [1.82, 2.24) is 20.0 Å². The zero-order valence-electron chi connectivity index (χ0n) is 18.8. The van der Waals surface area contributed by atoms with E-state index in [1.165, 1.54) is 0 Å². The lowest BCUT2D eigenvalue weighted by atomic mass is 10.0. The Balaban J connectivity index is 2.11. The molecule has 1 N–H and O–H groups in total. The minimum atomic E-state index is -0.264. The lowest BCUT2D eigenvalue weighted by Gasteiger charge is -2.33. The van der Waals surface area contributed by atoms with E-state index in [0.29, 0.717) is 19.6 Å². The van der Waals surface area contributed by atoms with Crippen molar-refractivity contribution >= 4 is 11.8 Å². The number of benzene rings is 1. The lowest BCUT2D eigenvalue weighted by Crippen LogP contribution is -2.47. The summed E-state index contributed by atoms with van der Waals surface area (Å²) in [5.41, 5.74) is 0.826. The van der Waals surface area contributed by atoms with Crippen LogP contribution in [0, 0.1) is 0 Å². The summed E-state index contributed by atoms with van der Waals surface area (Å²) in [7, 11) is 0. The first-order chi connectivity index (χ1) is 13.7. The number of hydrogen-bond acceptors (Lipinski definition) is 4. The predicted molar refractivity (Wildman–Crippen MR) is 118 cm³/mol. The van der Waals surface area contributed by atoms with Crippen molar-refractivity contribution in [3.8, 4) is 0 Å². The average Bonchev–Trinajstić information content (AvgIpc) is 2.88. The average molecular weight is 403 g/mol. The lowest BCUT2D eigenvalue weighted by molar-refractivity contribution is -0.137. The maximum absolute atomic E-state index is 13.3. The number of carbonyl (C=O) groups excluding carboxylic acids is 2. The molecule has 2 amide bonds. The molecule has 0 aromatic heterocycles. The molecule has 2 rings (SSSR count). The summed E-state index contributed by atoms with van der Waals surface area (Å²) in [4.78, 5) is 32.1. The van der Waals surface area contributed by atoms with Gasteiger partial charge in [-0.15, -0.1) is 0 Å². The van der Waals surface area contributed by atoms with Crippen molar-refractivity contribution in [2.24, 2.45) is 0 Å². The number of likely N-dealkylation sites (N-methyl/N-ethyl adjacent to an activating group) is 1. The highest BCUT2D eigenvalue weighted by Crippen LogP contribution is 2.25. The SMILES string of the molecule is CCN(CC)C(=O)[C@H](c1ccccc1)N1CCCN(CC(=O)NC(C)(C)C)CC1. The summed E-state index contributed by atoms with van der Waals surface area (Å²) in [6.45, 7) is 15.2. The van der Waals surface area contributed by atoms with Gasteiger partial charge in [0.1, 0.15) is 6.04 Å². The van der Waals surface area contributed by atoms with Crippen LogP contribution in [0.3, 0.4) is 0 Å². The highest BCUT2D eigenvalue weighted by molar-refractivity contribution is 5.83. The van der Waals surface area contributed by atoms with Crippen LogP contribution in [0.15, 0.2) is 30.3 Å². The molecular formula is C23H38N4O2. The van der Waals surface area contributed by atoms with Crippen LogP contribution in [0.2, 0.25) is 0 Å². The third-order valence-electron chi connectivity index (χ3n) is 5.29. The molecule has 6 nitrogen and oxygen atoms in total. The standard InChI is InChI=1S/C23H38N4O2/c1-6-26(7-2)22(29)21(19-12-9-8-10-13-19)27-15-11-14-25(16-17-27)18-20(28)24-23(3,4)5/h8-10,12-13,21H,6-7,11,14-18H2,1-5H3,(H,24,28)/t21-/m0/s1. The number of nitrogens with zero attached hydrogens (tertiary/aromatic N) is 3. The Labute approximate surface area is 176 Å². The molecular weight excluding hydrogens is 364 g/mol. The van der Waals surface area contributed by atoms with Crippen molar-refractivity contribution in [3.63, 3.8) is 0 Å². The predicted octanol–water partition coefficient (Wildman–Crippen LogP) is 2.52. The van der Waals surface area contributed by atoms with Crippen LogP contribution >= 0.6 is 0 Å². The van der Waals surface area contributed by atoms with Gasteiger partial charge in [-0.3, -0.25) is 19.4 Å². The van der Waals surface area contributed by atoms with Gasteiger partial charge in [0.25, 0.3) is 0 Å². The Bertz CT molecular complexity index is 653.